The summed E-state index contributed by atoms with van der Waals surface area (Å²) in [7, 11) is 0.00752. The van der Waals surface area contributed by atoms with Crippen LogP contribution in [0.4, 0.5) is 0 Å². The van der Waals surface area contributed by atoms with Gasteiger partial charge in [-0.3, -0.25) is 0 Å². The number of hydrogen-bond donors (Lipinski definition) is 0. The molecule has 3 rings (SSSR count). The monoisotopic (exact) mass is 343 g/mol. The molecule has 2 heteroatoms. The molecule has 0 fully saturated rings. The first-order valence-corrected chi connectivity index (χ1v) is 8.78. The van der Waals surface area contributed by atoms with Crippen molar-refractivity contribution in [2.24, 2.45) is 0 Å². The van der Waals surface area contributed by atoms with Crippen LogP contribution in [0.3, 0.4) is 0 Å². The van der Waals surface area contributed by atoms with Gasteiger partial charge in [-0.2, -0.15) is 0 Å². The summed E-state index contributed by atoms with van der Waals surface area (Å²) < 4.78 is 1.13. The maximum Gasteiger partial charge on any atom is 0.166 e. The van der Waals surface area contributed by atoms with Gasteiger partial charge in [0.1, 0.15) is 0 Å². The molecule has 100 valence electrons. The van der Waals surface area contributed by atoms with Crippen molar-refractivity contribution >= 4 is 26.8 Å². The zero-order valence-electron chi connectivity index (χ0n) is 11.1. The molecular formula is C18H16BrS+. The molecule has 0 radical (unpaired) electrons. The Hall–Kier alpha value is -1.25. The zero-order valence-corrected chi connectivity index (χ0v) is 13.5. The average molecular weight is 344 g/mol. The van der Waals surface area contributed by atoms with Crippen molar-refractivity contribution in [3.05, 3.63) is 82.2 Å². The minimum atomic E-state index is 0.00752. The second-order valence-electron chi connectivity index (χ2n) is 4.66. The van der Waals surface area contributed by atoms with Gasteiger partial charge in [0, 0.05) is 4.47 Å². The fourth-order valence-corrected chi connectivity index (χ4v) is 4.71. The summed E-state index contributed by atoms with van der Waals surface area (Å²) in [6, 6.07) is 19.5. The molecular weight excluding hydrogens is 328 g/mol. The first-order valence-electron chi connectivity index (χ1n) is 6.76. The van der Waals surface area contributed by atoms with E-state index in [0.29, 0.717) is 0 Å². The highest BCUT2D eigenvalue weighted by atomic mass is 79.9. The van der Waals surface area contributed by atoms with E-state index in [0.717, 1.165) is 17.3 Å². The third-order valence-corrected chi connectivity index (χ3v) is 6.01. The van der Waals surface area contributed by atoms with Crippen LogP contribution in [0.15, 0.2) is 92.0 Å². The van der Waals surface area contributed by atoms with Gasteiger partial charge in [0.2, 0.25) is 0 Å². The molecule has 20 heavy (non-hydrogen) atoms. The van der Waals surface area contributed by atoms with Crippen LogP contribution in [0, 0.1) is 0 Å². The standard InChI is InChI=1S/C18H16BrS/c19-15-11-13-18(14-12-15)20(16-7-3-1-4-8-16)17-9-5-2-6-10-17/h1,3-5,7-14H,2,6H2/q+1. The summed E-state index contributed by atoms with van der Waals surface area (Å²) in [5.74, 6) is 0. The van der Waals surface area contributed by atoms with Gasteiger partial charge in [0.25, 0.3) is 0 Å². The zero-order chi connectivity index (χ0) is 13.8. The third-order valence-electron chi connectivity index (χ3n) is 3.22. The van der Waals surface area contributed by atoms with Crippen molar-refractivity contribution < 1.29 is 0 Å². The van der Waals surface area contributed by atoms with Gasteiger partial charge in [-0.15, -0.1) is 0 Å². The summed E-state index contributed by atoms with van der Waals surface area (Å²) in [5, 5.41) is 0. The highest BCUT2D eigenvalue weighted by Gasteiger charge is 2.29. The number of allylic oxidation sites excluding steroid dienone is 3. The van der Waals surface area contributed by atoms with Crippen molar-refractivity contribution in [3.8, 4) is 0 Å². The Kier molecular flexibility index (Phi) is 4.44. The smallest absolute Gasteiger partial charge is 0.0792 e. The van der Waals surface area contributed by atoms with E-state index in [1.165, 1.54) is 14.7 Å². The predicted molar refractivity (Wildman–Crippen MR) is 90.9 cm³/mol. The fraction of sp³-hybridized carbons (Fsp3) is 0.111. The van der Waals surface area contributed by atoms with E-state index in [9.17, 15) is 0 Å². The number of hydrogen-bond acceptors (Lipinski definition) is 0. The molecule has 0 saturated carbocycles. The molecule has 0 aliphatic heterocycles. The van der Waals surface area contributed by atoms with Crippen LogP contribution in [0.2, 0.25) is 0 Å². The van der Waals surface area contributed by atoms with Crippen LogP contribution in [0.5, 0.6) is 0 Å². The van der Waals surface area contributed by atoms with E-state index in [-0.39, 0.29) is 10.9 Å². The summed E-state index contributed by atoms with van der Waals surface area (Å²) in [4.78, 5) is 4.19. The molecule has 1 aliphatic rings. The molecule has 0 amide bonds. The summed E-state index contributed by atoms with van der Waals surface area (Å²) in [6.07, 6.45) is 9.28. The van der Waals surface area contributed by atoms with Crippen molar-refractivity contribution in [3.63, 3.8) is 0 Å². The molecule has 2 aromatic rings. The van der Waals surface area contributed by atoms with Gasteiger partial charge in [-0.1, -0.05) is 40.2 Å². The quantitative estimate of drug-likeness (QED) is 0.625. The lowest BCUT2D eigenvalue weighted by atomic mass is 10.2. The molecule has 2 aromatic carbocycles. The maximum absolute atomic E-state index is 3.52. The third kappa shape index (κ3) is 3.08. The van der Waals surface area contributed by atoms with Gasteiger partial charge in [0.05, 0.1) is 10.9 Å². The lowest BCUT2D eigenvalue weighted by Crippen LogP contribution is -2.07. The Morgan fingerprint density at radius 3 is 2.15 bits per heavy atom. The number of halogens is 1. The van der Waals surface area contributed by atoms with E-state index in [1.54, 1.807) is 0 Å². The van der Waals surface area contributed by atoms with Gasteiger partial charge in [-0.25, -0.2) is 0 Å². The minimum absolute atomic E-state index is 0.00752. The Morgan fingerprint density at radius 2 is 1.50 bits per heavy atom. The van der Waals surface area contributed by atoms with Crippen LogP contribution < -0.4 is 0 Å². The Bertz CT molecular complexity index is 626. The van der Waals surface area contributed by atoms with E-state index in [2.05, 4.69) is 88.8 Å². The molecule has 0 N–H and O–H groups in total. The van der Waals surface area contributed by atoms with Crippen molar-refractivity contribution in [1.29, 1.82) is 0 Å². The van der Waals surface area contributed by atoms with Crippen LogP contribution in [-0.4, -0.2) is 0 Å². The summed E-state index contributed by atoms with van der Waals surface area (Å²) >= 11 is 3.52. The van der Waals surface area contributed by atoms with E-state index >= 15 is 0 Å². The second kappa shape index (κ2) is 6.47. The molecule has 0 heterocycles. The predicted octanol–water partition coefficient (Wildman–Crippen LogP) is 5.72. The highest BCUT2D eigenvalue weighted by molar-refractivity contribution is 9.10. The van der Waals surface area contributed by atoms with Crippen molar-refractivity contribution in [2.75, 3.05) is 0 Å². The number of rotatable bonds is 3. The molecule has 1 atom stereocenters. The Balaban J connectivity index is 2.06. The van der Waals surface area contributed by atoms with Gasteiger partial charge < -0.3 is 0 Å². The Morgan fingerprint density at radius 1 is 0.800 bits per heavy atom. The molecule has 0 saturated heterocycles. The number of benzene rings is 2. The second-order valence-corrected chi connectivity index (χ2v) is 7.60. The van der Waals surface area contributed by atoms with Crippen molar-refractivity contribution in [2.45, 2.75) is 22.6 Å². The van der Waals surface area contributed by atoms with Crippen LogP contribution >= 0.6 is 15.9 Å². The molecule has 0 nitrogen and oxygen atoms in total. The van der Waals surface area contributed by atoms with Crippen LogP contribution in [0.1, 0.15) is 12.8 Å². The topological polar surface area (TPSA) is 0 Å². The van der Waals surface area contributed by atoms with Crippen LogP contribution in [-0.2, 0) is 10.9 Å². The largest absolute Gasteiger partial charge is 0.166 e. The SMILES string of the molecule is Brc1ccc([S+](C2=CCCC=C2)c2ccccc2)cc1. The van der Waals surface area contributed by atoms with E-state index in [1.807, 2.05) is 0 Å². The molecule has 1 unspecified atom stereocenters. The van der Waals surface area contributed by atoms with E-state index in [4.69, 9.17) is 0 Å². The maximum atomic E-state index is 3.52. The van der Waals surface area contributed by atoms with Gasteiger partial charge in [-0.05, 0) is 61.4 Å². The van der Waals surface area contributed by atoms with Gasteiger partial charge in [0.15, 0.2) is 14.7 Å². The van der Waals surface area contributed by atoms with Crippen LogP contribution in [0.25, 0.3) is 0 Å². The normalized spacial score (nSPS) is 15.8. The fourth-order valence-electron chi connectivity index (χ4n) is 2.28. The molecule has 0 bridgehead atoms. The van der Waals surface area contributed by atoms with Gasteiger partial charge >= 0.3 is 0 Å². The lowest BCUT2D eigenvalue weighted by molar-refractivity contribution is 1.03. The summed E-state index contributed by atoms with van der Waals surface area (Å²) in [6.45, 7) is 0. The Labute approximate surface area is 131 Å². The van der Waals surface area contributed by atoms with Crippen molar-refractivity contribution in [1.82, 2.24) is 0 Å². The lowest BCUT2D eigenvalue weighted by Gasteiger charge is -2.10. The first-order chi connectivity index (χ1) is 9.84. The van der Waals surface area contributed by atoms with E-state index < -0.39 is 0 Å². The molecule has 1 aliphatic carbocycles. The highest BCUT2D eigenvalue weighted by Crippen LogP contribution is 2.33. The average Bonchev–Trinajstić information content (AvgIpc) is 2.52. The first kappa shape index (κ1) is 13.7. The molecule has 0 aromatic heterocycles. The minimum Gasteiger partial charge on any atom is -0.0792 e. The molecule has 0 spiro atoms. The summed E-state index contributed by atoms with van der Waals surface area (Å²) in [5.41, 5.74) is 0.